The molecule has 6 heteroatoms. The molecular formula is C18H21N5O. The number of fused-ring (bicyclic) bond motifs is 1. The molecule has 0 spiro atoms. The lowest BCUT2D eigenvalue weighted by atomic mass is 10.2. The number of aromatic nitrogens is 4. The van der Waals surface area contributed by atoms with Crippen LogP contribution in [0.5, 0.6) is 0 Å². The molecule has 124 valence electrons. The van der Waals surface area contributed by atoms with E-state index < -0.39 is 0 Å². The summed E-state index contributed by atoms with van der Waals surface area (Å²) in [4.78, 5) is 14.7. The van der Waals surface area contributed by atoms with Crippen molar-refractivity contribution in [1.29, 1.82) is 0 Å². The Morgan fingerprint density at radius 3 is 2.83 bits per heavy atom. The van der Waals surface area contributed by atoms with Crippen LogP contribution in [0.1, 0.15) is 37.5 Å². The highest BCUT2D eigenvalue weighted by Gasteiger charge is 2.32. The molecule has 6 nitrogen and oxygen atoms in total. The van der Waals surface area contributed by atoms with Crippen molar-refractivity contribution in [3.8, 4) is 0 Å². The van der Waals surface area contributed by atoms with E-state index in [2.05, 4.69) is 14.8 Å². The summed E-state index contributed by atoms with van der Waals surface area (Å²) in [5.74, 6) is 1.10. The number of carbonyl (C=O) groups excluding carboxylic acids is 1. The standard InChI is InChI=1S/C18H21N5O/c24-17(9-6-12-21-10-3-4-11-21)22-14-5-7-15(22)18-20-19-16-8-1-2-13-23(16)18/h1-4,8,10-11,13,15H,5-7,9,12,14H2/t15-/m0/s1. The summed E-state index contributed by atoms with van der Waals surface area (Å²) in [5, 5.41) is 8.57. The summed E-state index contributed by atoms with van der Waals surface area (Å²) in [7, 11) is 0. The van der Waals surface area contributed by atoms with Crippen LogP contribution in [0.3, 0.4) is 0 Å². The first kappa shape index (κ1) is 14.9. The Balaban J connectivity index is 1.45. The fourth-order valence-electron chi connectivity index (χ4n) is 3.50. The van der Waals surface area contributed by atoms with Gasteiger partial charge in [-0.25, -0.2) is 0 Å². The molecule has 4 heterocycles. The highest BCUT2D eigenvalue weighted by Crippen LogP contribution is 2.31. The summed E-state index contributed by atoms with van der Waals surface area (Å²) in [6.07, 6.45) is 9.45. The van der Waals surface area contributed by atoms with Crippen molar-refractivity contribution in [2.24, 2.45) is 0 Å². The fourth-order valence-corrected chi connectivity index (χ4v) is 3.50. The second-order valence-corrected chi connectivity index (χ2v) is 6.26. The van der Waals surface area contributed by atoms with Crippen molar-refractivity contribution in [2.75, 3.05) is 6.54 Å². The first-order valence-electron chi connectivity index (χ1n) is 8.53. The van der Waals surface area contributed by atoms with Crippen molar-refractivity contribution in [2.45, 2.75) is 38.3 Å². The normalized spacial score (nSPS) is 17.7. The predicted octanol–water partition coefficient (Wildman–Crippen LogP) is 2.67. The summed E-state index contributed by atoms with van der Waals surface area (Å²) in [5.41, 5.74) is 0.833. The van der Waals surface area contributed by atoms with Crippen LogP contribution in [0.4, 0.5) is 0 Å². The maximum Gasteiger partial charge on any atom is 0.223 e. The number of hydrogen-bond acceptors (Lipinski definition) is 3. The van der Waals surface area contributed by atoms with E-state index in [0.29, 0.717) is 6.42 Å². The smallest absolute Gasteiger partial charge is 0.223 e. The molecule has 1 aliphatic rings. The highest BCUT2D eigenvalue weighted by atomic mass is 16.2. The van der Waals surface area contributed by atoms with Gasteiger partial charge in [-0.05, 0) is 43.5 Å². The van der Waals surface area contributed by atoms with Crippen LogP contribution in [-0.4, -0.2) is 36.5 Å². The Morgan fingerprint density at radius 2 is 1.96 bits per heavy atom. The molecule has 3 aromatic heterocycles. The van der Waals surface area contributed by atoms with Gasteiger partial charge in [-0.15, -0.1) is 10.2 Å². The number of rotatable bonds is 5. The van der Waals surface area contributed by atoms with Gasteiger partial charge in [0.2, 0.25) is 5.91 Å². The Bertz CT molecular complexity index is 823. The molecular weight excluding hydrogens is 302 g/mol. The van der Waals surface area contributed by atoms with Gasteiger partial charge >= 0.3 is 0 Å². The van der Waals surface area contributed by atoms with Crippen LogP contribution >= 0.6 is 0 Å². The molecule has 1 atom stereocenters. The zero-order valence-electron chi connectivity index (χ0n) is 13.6. The van der Waals surface area contributed by atoms with Crippen molar-refractivity contribution in [1.82, 2.24) is 24.1 Å². The molecule has 0 N–H and O–H groups in total. The Hall–Kier alpha value is -2.63. The Morgan fingerprint density at radius 1 is 1.12 bits per heavy atom. The summed E-state index contributed by atoms with van der Waals surface area (Å²) < 4.78 is 4.11. The molecule has 3 aromatic rings. The van der Waals surface area contributed by atoms with Gasteiger partial charge in [0.25, 0.3) is 0 Å². The zero-order valence-corrected chi connectivity index (χ0v) is 13.6. The molecule has 0 saturated carbocycles. The van der Waals surface area contributed by atoms with Gasteiger partial charge in [-0.1, -0.05) is 6.07 Å². The monoisotopic (exact) mass is 323 g/mol. The van der Waals surface area contributed by atoms with E-state index in [4.69, 9.17) is 0 Å². The van der Waals surface area contributed by atoms with Crippen molar-refractivity contribution in [3.63, 3.8) is 0 Å². The number of likely N-dealkylation sites (tertiary alicyclic amines) is 1. The molecule has 1 fully saturated rings. The maximum atomic E-state index is 12.7. The van der Waals surface area contributed by atoms with E-state index in [1.807, 2.05) is 58.2 Å². The van der Waals surface area contributed by atoms with Crippen molar-refractivity contribution >= 4 is 11.6 Å². The summed E-state index contributed by atoms with van der Waals surface area (Å²) >= 11 is 0. The molecule has 0 bridgehead atoms. The van der Waals surface area contributed by atoms with Gasteiger partial charge in [0.05, 0.1) is 6.04 Å². The van der Waals surface area contributed by atoms with E-state index >= 15 is 0 Å². The molecule has 0 radical (unpaired) electrons. The van der Waals surface area contributed by atoms with Crippen LogP contribution in [0.25, 0.3) is 5.65 Å². The minimum absolute atomic E-state index is 0.0430. The minimum atomic E-state index is 0.0430. The number of hydrogen-bond donors (Lipinski definition) is 0. The number of carbonyl (C=O) groups is 1. The molecule has 24 heavy (non-hydrogen) atoms. The van der Waals surface area contributed by atoms with Gasteiger partial charge in [0.1, 0.15) is 0 Å². The number of aryl methyl sites for hydroxylation is 1. The molecule has 4 rings (SSSR count). The first-order chi connectivity index (χ1) is 11.8. The summed E-state index contributed by atoms with van der Waals surface area (Å²) in [6.45, 7) is 1.69. The number of pyridine rings is 1. The molecule has 0 unspecified atom stereocenters. The predicted molar refractivity (Wildman–Crippen MR) is 90.3 cm³/mol. The van der Waals surface area contributed by atoms with E-state index in [1.54, 1.807) is 0 Å². The number of amides is 1. The van der Waals surface area contributed by atoms with E-state index in [-0.39, 0.29) is 11.9 Å². The second-order valence-electron chi connectivity index (χ2n) is 6.26. The SMILES string of the molecule is O=C(CCCn1cccc1)N1CCC[C@H]1c1nnc2ccccn12. The van der Waals surface area contributed by atoms with Crippen molar-refractivity contribution < 1.29 is 4.79 Å². The van der Waals surface area contributed by atoms with Crippen LogP contribution in [0, 0.1) is 0 Å². The van der Waals surface area contributed by atoms with Gasteiger partial charge in [-0.3, -0.25) is 9.20 Å². The van der Waals surface area contributed by atoms with Crippen molar-refractivity contribution in [3.05, 3.63) is 54.7 Å². The lowest BCUT2D eigenvalue weighted by Crippen LogP contribution is -2.31. The number of nitrogens with zero attached hydrogens (tertiary/aromatic N) is 5. The van der Waals surface area contributed by atoms with Crippen LogP contribution < -0.4 is 0 Å². The third-order valence-corrected chi connectivity index (χ3v) is 4.68. The van der Waals surface area contributed by atoms with Gasteiger partial charge < -0.3 is 9.47 Å². The fraction of sp³-hybridized carbons (Fsp3) is 0.389. The average Bonchev–Trinajstić information content (AvgIpc) is 3.34. The Kier molecular flexibility index (Phi) is 4.02. The van der Waals surface area contributed by atoms with E-state index in [9.17, 15) is 4.79 Å². The largest absolute Gasteiger partial charge is 0.354 e. The lowest BCUT2D eigenvalue weighted by molar-refractivity contribution is -0.132. The van der Waals surface area contributed by atoms with Crippen LogP contribution in [0.2, 0.25) is 0 Å². The van der Waals surface area contributed by atoms with Crippen LogP contribution in [0.15, 0.2) is 48.9 Å². The summed E-state index contributed by atoms with van der Waals surface area (Å²) in [6, 6.07) is 9.92. The zero-order chi connectivity index (χ0) is 16.4. The van der Waals surface area contributed by atoms with Gasteiger partial charge in [0, 0.05) is 38.1 Å². The quantitative estimate of drug-likeness (QED) is 0.725. The van der Waals surface area contributed by atoms with E-state index in [1.165, 1.54) is 0 Å². The highest BCUT2D eigenvalue weighted by molar-refractivity contribution is 5.76. The Labute approximate surface area is 140 Å². The molecule has 1 aliphatic heterocycles. The van der Waals surface area contributed by atoms with Crippen LogP contribution in [-0.2, 0) is 11.3 Å². The maximum absolute atomic E-state index is 12.7. The molecule has 1 amide bonds. The third kappa shape index (κ3) is 2.79. The average molecular weight is 323 g/mol. The lowest BCUT2D eigenvalue weighted by Gasteiger charge is -2.23. The molecule has 0 aliphatic carbocycles. The first-order valence-corrected chi connectivity index (χ1v) is 8.53. The van der Waals surface area contributed by atoms with E-state index in [0.717, 1.165) is 43.8 Å². The third-order valence-electron chi connectivity index (χ3n) is 4.68. The second kappa shape index (κ2) is 6.47. The molecule has 1 saturated heterocycles. The topological polar surface area (TPSA) is 55.4 Å². The van der Waals surface area contributed by atoms with Gasteiger partial charge in [0.15, 0.2) is 11.5 Å². The minimum Gasteiger partial charge on any atom is -0.354 e. The van der Waals surface area contributed by atoms with Gasteiger partial charge in [-0.2, -0.15) is 0 Å². The molecule has 0 aromatic carbocycles.